The van der Waals surface area contributed by atoms with E-state index in [4.69, 9.17) is 0 Å². The fraction of sp³-hybridized carbons (Fsp3) is 0.111. The lowest BCUT2D eigenvalue weighted by molar-refractivity contribution is -0.385. The van der Waals surface area contributed by atoms with Crippen molar-refractivity contribution >= 4 is 21.6 Å². The summed E-state index contributed by atoms with van der Waals surface area (Å²) < 4.78 is 12.7. The summed E-state index contributed by atoms with van der Waals surface area (Å²) in [5, 5.41) is 10.9. The van der Waals surface area contributed by atoms with Gasteiger partial charge in [0.2, 0.25) is 0 Å². The normalized spacial score (nSPS) is 9.00. The van der Waals surface area contributed by atoms with E-state index in [2.05, 4.69) is 27.8 Å². The summed E-state index contributed by atoms with van der Waals surface area (Å²) in [6.45, 7) is 0. The van der Waals surface area contributed by atoms with E-state index in [1.54, 1.807) is 0 Å². The molecule has 0 atom stereocenters. The predicted molar refractivity (Wildman–Crippen MR) is 53.7 cm³/mol. The van der Waals surface area contributed by atoms with Crippen molar-refractivity contribution in [1.82, 2.24) is 0 Å². The van der Waals surface area contributed by atoms with Crippen LogP contribution in [0.3, 0.4) is 0 Å². The third-order valence-electron chi connectivity index (χ3n) is 1.45. The minimum atomic E-state index is -0.651. The second kappa shape index (κ2) is 4.72. The SMILES string of the molecule is O=[N+]([O-])c1cc(F)ccc1C#CCBr. The van der Waals surface area contributed by atoms with Gasteiger partial charge in [0.05, 0.1) is 16.3 Å². The fourth-order valence-electron chi connectivity index (χ4n) is 0.890. The first-order valence-corrected chi connectivity index (χ1v) is 4.76. The van der Waals surface area contributed by atoms with Crippen molar-refractivity contribution in [3.8, 4) is 11.8 Å². The molecule has 0 fully saturated rings. The van der Waals surface area contributed by atoms with Crippen LogP contribution < -0.4 is 0 Å². The van der Waals surface area contributed by atoms with Crippen molar-refractivity contribution in [3.05, 3.63) is 39.7 Å². The molecule has 0 N–H and O–H groups in total. The lowest BCUT2D eigenvalue weighted by atomic mass is 10.2. The van der Waals surface area contributed by atoms with Crippen LogP contribution in [0.1, 0.15) is 5.56 Å². The molecule has 0 bridgehead atoms. The van der Waals surface area contributed by atoms with Crippen molar-refractivity contribution in [2.24, 2.45) is 0 Å². The van der Waals surface area contributed by atoms with Crippen LogP contribution in [0.5, 0.6) is 0 Å². The average Bonchev–Trinajstić information content (AvgIpc) is 2.15. The van der Waals surface area contributed by atoms with E-state index >= 15 is 0 Å². The molecular formula is C9H5BrFNO2. The van der Waals surface area contributed by atoms with E-state index in [-0.39, 0.29) is 11.3 Å². The number of benzene rings is 1. The number of nitrogens with zero attached hydrogens (tertiary/aromatic N) is 1. The van der Waals surface area contributed by atoms with Crippen LogP contribution in [0.4, 0.5) is 10.1 Å². The van der Waals surface area contributed by atoms with Gasteiger partial charge in [-0.2, -0.15) is 0 Å². The van der Waals surface area contributed by atoms with E-state index in [0.717, 1.165) is 12.1 Å². The summed E-state index contributed by atoms with van der Waals surface area (Å²) in [7, 11) is 0. The van der Waals surface area contributed by atoms with Gasteiger partial charge in [0, 0.05) is 0 Å². The van der Waals surface area contributed by atoms with Crippen LogP contribution in [0.25, 0.3) is 0 Å². The lowest BCUT2D eigenvalue weighted by Crippen LogP contribution is -1.93. The topological polar surface area (TPSA) is 43.1 Å². The zero-order valence-corrected chi connectivity index (χ0v) is 8.54. The number of hydrogen-bond donors (Lipinski definition) is 0. The van der Waals surface area contributed by atoms with Gasteiger partial charge in [0.15, 0.2) is 0 Å². The first-order chi connectivity index (χ1) is 6.65. The molecule has 0 saturated carbocycles. The van der Waals surface area contributed by atoms with Crippen molar-refractivity contribution < 1.29 is 9.31 Å². The predicted octanol–water partition coefficient (Wildman–Crippen LogP) is 2.48. The highest BCUT2D eigenvalue weighted by atomic mass is 79.9. The Bertz CT molecular complexity index is 423. The molecule has 0 aromatic heterocycles. The Hall–Kier alpha value is -1.41. The minimum Gasteiger partial charge on any atom is -0.258 e. The zero-order valence-electron chi connectivity index (χ0n) is 6.96. The Morgan fingerprint density at radius 3 is 2.86 bits per heavy atom. The Balaban J connectivity index is 3.22. The van der Waals surface area contributed by atoms with Crippen LogP contribution >= 0.6 is 15.9 Å². The van der Waals surface area contributed by atoms with Crippen LogP contribution in [0.15, 0.2) is 18.2 Å². The van der Waals surface area contributed by atoms with Gasteiger partial charge in [-0.15, -0.1) is 0 Å². The summed E-state index contributed by atoms with van der Waals surface area (Å²) in [5.74, 6) is 4.55. The van der Waals surface area contributed by atoms with Gasteiger partial charge in [-0.1, -0.05) is 27.8 Å². The molecule has 0 radical (unpaired) electrons. The molecule has 0 aliphatic carbocycles. The Kier molecular flexibility index (Phi) is 3.60. The largest absolute Gasteiger partial charge is 0.287 e. The molecule has 1 aromatic carbocycles. The lowest BCUT2D eigenvalue weighted by Gasteiger charge is -1.94. The maximum atomic E-state index is 12.7. The smallest absolute Gasteiger partial charge is 0.258 e. The molecule has 1 aromatic rings. The van der Waals surface area contributed by atoms with Crippen LogP contribution in [-0.2, 0) is 0 Å². The van der Waals surface area contributed by atoms with Crippen molar-refractivity contribution in [2.45, 2.75) is 0 Å². The summed E-state index contributed by atoms with van der Waals surface area (Å²) >= 11 is 3.07. The molecular weight excluding hydrogens is 253 g/mol. The van der Waals surface area contributed by atoms with Gasteiger partial charge in [0.1, 0.15) is 11.4 Å². The molecule has 0 unspecified atom stereocenters. The van der Waals surface area contributed by atoms with Crippen LogP contribution in [-0.4, -0.2) is 10.3 Å². The third-order valence-corrected chi connectivity index (χ3v) is 1.73. The number of nitro groups is 1. The Labute approximate surface area is 88.2 Å². The number of halogens is 2. The van der Waals surface area contributed by atoms with Crippen molar-refractivity contribution in [3.63, 3.8) is 0 Å². The van der Waals surface area contributed by atoms with Gasteiger partial charge in [-0.3, -0.25) is 10.1 Å². The second-order valence-corrected chi connectivity index (χ2v) is 2.91. The van der Waals surface area contributed by atoms with Crippen LogP contribution in [0, 0.1) is 27.8 Å². The summed E-state index contributed by atoms with van der Waals surface area (Å²) in [6, 6.07) is 3.30. The molecule has 0 aliphatic heterocycles. The first-order valence-electron chi connectivity index (χ1n) is 3.64. The van der Waals surface area contributed by atoms with E-state index in [9.17, 15) is 14.5 Å². The Morgan fingerprint density at radius 1 is 1.57 bits per heavy atom. The monoisotopic (exact) mass is 257 g/mol. The van der Waals surface area contributed by atoms with E-state index in [1.807, 2.05) is 0 Å². The summed E-state index contributed by atoms with van der Waals surface area (Å²) in [5.41, 5.74) is -0.0886. The molecule has 0 heterocycles. The second-order valence-electron chi connectivity index (χ2n) is 2.35. The summed E-state index contributed by atoms with van der Waals surface area (Å²) in [4.78, 5) is 9.85. The molecule has 0 saturated heterocycles. The average molecular weight is 258 g/mol. The third kappa shape index (κ3) is 2.54. The highest BCUT2D eigenvalue weighted by Gasteiger charge is 2.12. The van der Waals surface area contributed by atoms with Crippen molar-refractivity contribution in [2.75, 3.05) is 5.33 Å². The van der Waals surface area contributed by atoms with Gasteiger partial charge < -0.3 is 0 Å². The number of rotatable bonds is 1. The van der Waals surface area contributed by atoms with Crippen LogP contribution in [0.2, 0.25) is 0 Å². The number of nitro benzene ring substituents is 1. The first kappa shape index (κ1) is 10.7. The minimum absolute atomic E-state index is 0.218. The highest BCUT2D eigenvalue weighted by Crippen LogP contribution is 2.18. The molecule has 72 valence electrons. The van der Waals surface area contributed by atoms with Gasteiger partial charge in [-0.25, -0.2) is 4.39 Å². The molecule has 5 heteroatoms. The quantitative estimate of drug-likeness (QED) is 0.336. The van der Waals surface area contributed by atoms with Gasteiger partial charge in [0.25, 0.3) is 5.69 Å². The maximum absolute atomic E-state index is 12.7. The standard InChI is InChI=1S/C9H5BrFNO2/c10-5-1-2-7-3-4-8(11)6-9(7)12(13)14/h3-4,6H,5H2. The fourth-order valence-corrected chi connectivity index (χ4v) is 1.03. The molecule has 14 heavy (non-hydrogen) atoms. The maximum Gasteiger partial charge on any atom is 0.287 e. The molecule has 0 amide bonds. The Morgan fingerprint density at radius 2 is 2.29 bits per heavy atom. The van der Waals surface area contributed by atoms with Gasteiger partial charge >= 0.3 is 0 Å². The number of alkyl halides is 1. The molecule has 1 rings (SSSR count). The van der Waals surface area contributed by atoms with E-state index < -0.39 is 10.7 Å². The molecule has 0 aliphatic rings. The molecule has 3 nitrogen and oxygen atoms in total. The molecule has 0 spiro atoms. The highest BCUT2D eigenvalue weighted by molar-refractivity contribution is 9.09. The van der Waals surface area contributed by atoms with E-state index in [1.165, 1.54) is 6.07 Å². The van der Waals surface area contributed by atoms with Crippen molar-refractivity contribution in [1.29, 1.82) is 0 Å². The zero-order chi connectivity index (χ0) is 10.6. The van der Waals surface area contributed by atoms with Gasteiger partial charge in [-0.05, 0) is 12.1 Å². The number of hydrogen-bond acceptors (Lipinski definition) is 2. The summed E-state index contributed by atoms with van der Waals surface area (Å²) in [6.07, 6.45) is 0. The van der Waals surface area contributed by atoms with E-state index in [0.29, 0.717) is 5.33 Å².